The van der Waals surface area contributed by atoms with Crippen molar-refractivity contribution in [3.63, 3.8) is 0 Å². The number of benzene rings is 1. The van der Waals surface area contributed by atoms with Gasteiger partial charge in [-0.2, -0.15) is 0 Å². The maximum Gasteiger partial charge on any atom is 0.119 e. The van der Waals surface area contributed by atoms with Gasteiger partial charge in [-0.3, -0.25) is 4.90 Å². The van der Waals surface area contributed by atoms with Gasteiger partial charge in [-0.25, -0.2) is 0 Å². The Bertz CT molecular complexity index is 482. The first-order chi connectivity index (χ1) is 10.2. The standard InChI is InChI=1S/C18H27NO2/c1-3-19(14-6-4-5-7-14)17-11-8-13-12-15(21-2)9-10-16(13)18(17)20/h9-10,12,14,17-18,20H,3-8,11H2,1-2H3. The molecule has 0 amide bonds. The van der Waals surface area contributed by atoms with Gasteiger partial charge in [-0.05, 0) is 55.5 Å². The van der Waals surface area contributed by atoms with E-state index in [0.717, 1.165) is 30.7 Å². The summed E-state index contributed by atoms with van der Waals surface area (Å²) < 4.78 is 5.30. The van der Waals surface area contributed by atoms with Crippen molar-refractivity contribution in [2.75, 3.05) is 13.7 Å². The third kappa shape index (κ3) is 2.82. The Morgan fingerprint density at radius 3 is 2.67 bits per heavy atom. The number of rotatable bonds is 4. The van der Waals surface area contributed by atoms with E-state index in [-0.39, 0.29) is 12.1 Å². The lowest BCUT2D eigenvalue weighted by Crippen LogP contribution is -2.47. The van der Waals surface area contributed by atoms with Gasteiger partial charge in [0.25, 0.3) is 0 Å². The first-order valence-corrected chi connectivity index (χ1v) is 8.35. The molecule has 116 valence electrons. The average molecular weight is 289 g/mol. The maximum atomic E-state index is 10.9. The van der Waals surface area contributed by atoms with Crippen LogP contribution in [0.2, 0.25) is 0 Å². The molecule has 1 N–H and O–H groups in total. The molecule has 2 unspecified atom stereocenters. The minimum Gasteiger partial charge on any atom is -0.497 e. The summed E-state index contributed by atoms with van der Waals surface area (Å²) in [4.78, 5) is 2.56. The van der Waals surface area contributed by atoms with E-state index >= 15 is 0 Å². The van der Waals surface area contributed by atoms with Gasteiger partial charge in [0.05, 0.1) is 13.2 Å². The Hall–Kier alpha value is -1.06. The van der Waals surface area contributed by atoms with Crippen LogP contribution in [0.4, 0.5) is 0 Å². The van der Waals surface area contributed by atoms with Gasteiger partial charge >= 0.3 is 0 Å². The highest BCUT2D eigenvalue weighted by molar-refractivity contribution is 5.39. The van der Waals surface area contributed by atoms with E-state index in [2.05, 4.69) is 17.9 Å². The molecule has 0 saturated heterocycles. The number of aryl methyl sites for hydroxylation is 1. The van der Waals surface area contributed by atoms with Crippen LogP contribution in [0.5, 0.6) is 5.75 Å². The van der Waals surface area contributed by atoms with Crippen molar-refractivity contribution in [2.24, 2.45) is 0 Å². The van der Waals surface area contributed by atoms with Crippen LogP contribution < -0.4 is 4.74 Å². The lowest BCUT2D eigenvalue weighted by atomic mass is 9.84. The van der Waals surface area contributed by atoms with Crippen LogP contribution in [-0.2, 0) is 6.42 Å². The van der Waals surface area contributed by atoms with Gasteiger partial charge in [0.15, 0.2) is 0 Å². The molecule has 1 fully saturated rings. The van der Waals surface area contributed by atoms with Crippen molar-refractivity contribution in [3.8, 4) is 5.75 Å². The molecule has 3 nitrogen and oxygen atoms in total. The van der Waals surface area contributed by atoms with Crippen molar-refractivity contribution in [2.45, 2.75) is 63.6 Å². The Morgan fingerprint density at radius 1 is 1.24 bits per heavy atom. The lowest BCUT2D eigenvalue weighted by molar-refractivity contribution is 0.0158. The van der Waals surface area contributed by atoms with Crippen LogP contribution in [0.25, 0.3) is 0 Å². The van der Waals surface area contributed by atoms with Crippen molar-refractivity contribution in [1.82, 2.24) is 4.90 Å². The van der Waals surface area contributed by atoms with Gasteiger partial charge in [-0.15, -0.1) is 0 Å². The lowest BCUT2D eigenvalue weighted by Gasteiger charge is -2.41. The predicted octanol–water partition coefficient (Wildman–Crippen LogP) is 3.31. The molecule has 2 atom stereocenters. The van der Waals surface area contributed by atoms with E-state index in [1.807, 2.05) is 12.1 Å². The first-order valence-electron chi connectivity index (χ1n) is 8.35. The normalized spacial score (nSPS) is 26.1. The van der Waals surface area contributed by atoms with Gasteiger partial charge in [0.2, 0.25) is 0 Å². The Kier molecular flexibility index (Phi) is 4.51. The maximum absolute atomic E-state index is 10.9. The van der Waals surface area contributed by atoms with Gasteiger partial charge in [-0.1, -0.05) is 25.8 Å². The molecule has 3 heteroatoms. The largest absolute Gasteiger partial charge is 0.497 e. The quantitative estimate of drug-likeness (QED) is 0.923. The summed E-state index contributed by atoms with van der Waals surface area (Å²) in [5.41, 5.74) is 2.35. The molecule has 0 aromatic heterocycles. The molecule has 2 aliphatic carbocycles. The number of aliphatic hydroxyl groups excluding tert-OH is 1. The summed E-state index contributed by atoms with van der Waals surface area (Å²) in [6.45, 7) is 3.27. The number of hydrogen-bond donors (Lipinski definition) is 1. The molecule has 0 radical (unpaired) electrons. The van der Waals surface area contributed by atoms with Crippen LogP contribution in [0.3, 0.4) is 0 Å². The number of likely N-dealkylation sites (N-methyl/N-ethyl adjacent to an activating group) is 1. The fraction of sp³-hybridized carbons (Fsp3) is 0.667. The number of methoxy groups -OCH3 is 1. The number of ether oxygens (including phenoxy) is 1. The second-order valence-corrected chi connectivity index (χ2v) is 6.38. The Morgan fingerprint density at radius 2 is 2.00 bits per heavy atom. The highest BCUT2D eigenvalue weighted by Gasteiger charge is 2.35. The molecular formula is C18H27NO2. The molecule has 1 aromatic rings. The number of aliphatic hydroxyl groups is 1. The average Bonchev–Trinajstić information content (AvgIpc) is 3.04. The highest BCUT2D eigenvalue weighted by atomic mass is 16.5. The second-order valence-electron chi connectivity index (χ2n) is 6.38. The van der Waals surface area contributed by atoms with Crippen LogP contribution in [0.15, 0.2) is 18.2 Å². The smallest absolute Gasteiger partial charge is 0.119 e. The van der Waals surface area contributed by atoms with Crippen LogP contribution in [0.1, 0.15) is 56.3 Å². The summed E-state index contributed by atoms with van der Waals surface area (Å²) in [6.07, 6.45) is 7.01. The summed E-state index contributed by atoms with van der Waals surface area (Å²) in [7, 11) is 1.70. The van der Waals surface area contributed by atoms with E-state index in [1.54, 1.807) is 7.11 Å². The van der Waals surface area contributed by atoms with Crippen molar-refractivity contribution in [1.29, 1.82) is 0 Å². The topological polar surface area (TPSA) is 32.7 Å². The van der Waals surface area contributed by atoms with Crippen molar-refractivity contribution >= 4 is 0 Å². The molecule has 0 aliphatic heterocycles. The van der Waals surface area contributed by atoms with E-state index in [1.165, 1.54) is 31.2 Å². The molecule has 2 aliphatic rings. The highest BCUT2D eigenvalue weighted by Crippen LogP contribution is 2.37. The molecular weight excluding hydrogens is 262 g/mol. The third-order valence-corrected chi connectivity index (χ3v) is 5.33. The van der Waals surface area contributed by atoms with E-state index in [4.69, 9.17) is 4.74 Å². The summed E-state index contributed by atoms with van der Waals surface area (Å²) in [6, 6.07) is 7.05. The van der Waals surface area contributed by atoms with Gasteiger partial charge in [0, 0.05) is 12.1 Å². The minimum atomic E-state index is -0.361. The fourth-order valence-corrected chi connectivity index (χ4v) is 4.23. The molecule has 21 heavy (non-hydrogen) atoms. The summed E-state index contributed by atoms with van der Waals surface area (Å²) in [5, 5.41) is 10.9. The van der Waals surface area contributed by atoms with E-state index < -0.39 is 0 Å². The van der Waals surface area contributed by atoms with Gasteiger partial charge in [0.1, 0.15) is 5.75 Å². The fourth-order valence-electron chi connectivity index (χ4n) is 4.23. The number of hydrogen-bond acceptors (Lipinski definition) is 3. The van der Waals surface area contributed by atoms with E-state index in [0.29, 0.717) is 6.04 Å². The van der Waals surface area contributed by atoms with Crippen LogP contribution in [-0.4, -0.2) is 35.7 Å². The molecule has 3 rings (SSSR count). The van der Waals surface area contributed by atoms with Crippen LogP contribution >= 0.6 is 0 Å². The monoisotopic (exact) mass is 289 g/mol. The summed E-state index contributed by atoms with van der Waals surface area (Å²) in [5.74, 6) is 0.891. The summed E-state index contributed by atoms with van der Waals surface area (Å²) >= 11 is 0. The van der Waals surface area contributed by atoms with Crippen molar-refractivity contribution in [3.05, 3.63) is 29.3 Å². The molecule has 1 saturated carbocycles. The SMILES string of the molecule is CCN(C1CCCC1)C1CCc2cc(OC)ccc2C1O. The first kappa shape index (κ1) is 14.9. The minimum absolute atomic E-state index is 0.277. The Balaban J connectivity index is 1.82. The number of nitrogens with zero attached hydrogens (tertiary/aromatic N) is 1. The van der Waals surface area contributed by atoms with Gasteiger partial charge < -0.3 is 9.84 Å². The zero-order valence-corrected chi connectivity index (χ0v) is 13.2. The molecule has 1 aromatic carbocycles. The zero-order valence-electron chi connectivity index (χ0n) is 13.2. The van der Waals surface area contributed by atoms with Crippen molar-refractivity contribution < 1.29 is 9.84 Å². The third-order valence-electron chi connectivity index (χ3n) is 5.33. The number of fused-ring (bicyclic) bond motifs is 1. The zero-order chi connectivity index (χ0) is 14.8. The van der Waals surface area contributed by atoms with E-state index in [9.17, 15) is 5.11 Å². The Labute approximate surface area is 127 Å². The molecule has 0 heterocycles. The molecule has 0 spiro atoms. The van der Waals surface area contributed by atoms with Crippen LogP contribution in [0, 0.1) is 0 Å². The predicted molar refractivity (Wildman–Crippen MR) is 84.7 cm³/mol. The second kappa shape index (κ2) is 6.37. The molecule has 0 bridgehead atoms.